The van der Waals surface area contributed by atoms with Crippen molar-refractivity contribution in [2.75, 3.05) is 44.7 Å². The number of carbonyl (C=O) groups is 1. The van der Waals surface area contributed by atoms with Crippen molar-refractivity contribution in [3.8, 4) is 0 Å². The fourth-order valence-corrected chi connectivity index (χ4v) is 4.05. The van der Waals surface area contributed by atoms with E-state index in [0.29, 0.717) is 0 Å². The highest BCUT2D eigenvalue weighted by Crippen LogP contribution is 2.38. The summed E-state index contributed by atoms with van der Waals surface area (Å²) in [6.45, 7) is 4.77. The van der Waals surface area contributed by atoms with Gasteiger partial charge in [0.2, 0.25) is 5.91 Å². The number of hydrogen-bond donors (Lipinski definition) is 1. The Balaban J connectivity index is 1.24. The van der Waals surface area contributed by atoms with Gasteiger partial charge in [-0.05, 0) is 49.9 Å². The lowest BCUT2D eigenvalue weighted by Crippen LogP contribution is -2.54. The summed E-state index contributed by atoms with van der Waals surface area (Å²) in [4.78, 5) is 17.2. The number of nitrogens with zero attached hydrogens (tertiary/aromatic N) is 2. The standard InChI is InChI=1S/C20H28FN3O2/c1-26-18-12-15(13-18)19(25)22-20(6-7-20)14-23-8-10-24(11-9-23)17-4-2-16(21)3-5-17/h2-5,15,18H,6-14H2,1H3,(H,22,25). The molecule has 1 aromatic carbocycles. The minimum atomic E-state index is -0.193. The maximum atomic E-state index is 13.1. The highest BCUT2D eigenvalue weighted by atomic mass is 19.1. The van der Waals surface area contributed by atoms with Crippen LogP contribution in [0.5, 0.6) is 0 Å². The second-order valence-electron chi connectivity index (χ2n) is 8.04. The van der Waals surface area contributed by atoms with Crippen molar-refractivity contribution < 1.29 is 13.9 Å². The van der Waals surface area contributed by atoms with Crippen LogP contribution in [0.4, 0.5) is 10.1 Å². The van der Waals surface area contributed by atoms with Gasteiger partial charge in [0.05, 0.1) is 11.6 Å². The van der Waals surface area contributed by atoms with Crippen LogP contribution in [-0.2, 0) is 9.53 Å². The summed E-state index contributed by atoms with van der Waals surface area (Å²) in [7, 11) is 1.72. The number of amides is 1. The smallest absolute Gasteiger partial charge is 0.223 e. The lowest BCUT2D eigenvalue weighted by Gasteiger charge is -2.39. The number of anilines is 1. The van der Waals surface area contributed by atoms with Crippen molar-refractivity contribution >= 4 is 11.6 Å². The largest absolute Gasteiger partial charge is 0.381 e. The molecule has 26 heavy (non-hydrogen) atoms. The molecule has 1 N–H and O–H groups in total. The van der Waals surface area contributed by atoms with E-state index in [1.807, 2.05) is 12.1 Å². The molecule has 1 aromatic rings. The molecule has 1 aliphatic heterocycles. The van der Waals surface area contributed by atoms with Crippen molar-refractivity contribution in [2.24, 2.45) is 5.92 Å². The predicted molar refractivity (Wildman–Crippen MR) is 98.7 cm³/mol. The molecule has 3 aliphatic rings. The summed E-state index contributed by atoms with van der Waals surface area (Å²) in [6.07, 6.45) is 4.14. The minimum Gasteiger partial charge on any atom is -0.381 e. The van der Waals surface area contributed by atoms with E-state index in [4.69, 9.17) is 4.74 Å². The number of piperazine rings is 1. The molecular weight excluding hydrogens is 333 g/mol. The molecule has 3 fully saturated rings. The molecule has 4 rings (SSSR count). The van der Waals surface area contributed by atoms with Gasteiger partial charge in [-0.3, -0.25) is 9.69 Å². The zero-order chi connectivity index (χ0) is 18.1. The molecule has 0 bridgehead atoms. The molecule has 2 saturated carbocycles. The number of ether oxygens (including phenoxy) is 1. The van der Waals surface area contributed by atoms with E-state index in [0.717, 1.165) is 64.1 Å². The van der Waals surface area contributed by atoms with E-state index in [1.165, 1.54) is 12.1 Å². The van der Waals surface area contributed by atoms with Crippen LogP contribution in [0, 0.1) is 11.7 Å². The number of methoxy groups -OCH3 is 1. The number of rotatable bonds is 6. The summed E-state index contributed by atoms with van der Waals surface area (Å²) in [5, 5.41) is 3.32. The van der Waals surface area contributed by atoms with Crippen molar-refractivity contribution in [3.63, 3.8) is 0 Å². The lowest BCUT2D eigenvalue weighted by atomic mass is 9.81. The van der Waals surface area contributed by atoms with Gasteiger partial charge >= 0.3 is 0 Å². The molecular formula is C20H28FN3O2. The zero-order valence-corrected chi connectivity index (χ0v) is 15.4. The maximum Gasteiger partial charge on any atom is 0.223 e. The third-order valence-electron chi connectivity index (χ3n) is 6.13. The molecule has 5 nitrogen and oxygen atoms in total. The average Bonchev–Trinajstić information content (AvgIpc) is 3.34. The quantitative estimate of drug-likeness (QED) is 0.842. The van der Waals surface area contributed by atoms with Crippen molar-refractivity contribution in [3.05, 3.63) is 30.1 Å². The highest BCUT2D eigenvalue weighted by molar-refractivity contribution is 5.81. The number of hydrogen-bond acceptors (Lipinski definition) is 4. The number of benzene rings is 1. The molecule has 0 radical (unpaired) electrons. The van der Waals surface area contributed by atoms with Crippen LogP contribution in [0.1, 0.15) is 25.7 Å². The topological polar surface area (TPSA) is 44.8 Å². The second-order valence-corrected chi connectivity index (χ2v) is 8.04. The van der Waals surface area contributed by atoms with Gasteiger partial charge in [0, 0.05) is 51.4 Å². The summed E-state index contributed by atoms with van der Waals surface area (Å²) in [6, 6.07) is 6.73. The molecule has 0 atom stereocenters. The Morgan fingerprint density at radius 3 is 2.42 bits per heavy atom. The van der Waals surface area contributed by atoms with Crippen LogP contribution in [0.2, 0.25) is 0 Å². The average molecular weight is 361 g/mol. The normalized spacial score (nSPS) is 27.7. The predicted octanol–water partition coefficient (Wildman–Crippen LogP) is 2.02. The van der Waals surface area contributed by atoms with E-state index in [-0.39, 0.29) is 29.3 Å². The molecule has 0 aromatic heterocycles. The molecule has 142 valence electrons. The zero-order valence-electron chi connectivity index (χ0n) is 15.4. The SMILES string of the molecule is COC1CC(C(=O)NC2(CN3CCN(c4ccc(F)cc4)CC3)CC2)C1. The first-order valence-corrected chi connectivity index (χ1v) is 9.65. The van der Waals surface area contributed by atoms with Crippen LogP contribution < -0.4 is 10.2 Å². The van der Waals surface area contributed by atoms with Gasteiger partial charge in [0.1, 0.15) is 5.82 Å². The van der Waals surface area contributed by atoms with Crippen molar-refractivity contribution in [2.45, 2.75) is 37.3 Å². The maximum absolute atomic E-state index is 13.1. The molecule has 1 heterocycles. The molecule has 0 spiro atoms. The van der Waals surface area contributed by atoms with E-state index >= 15 is 0 Å². The van der Waals surface area contributed by atoms with Crippen LogP contribution in [-0.4, -0.2) is 62.3 Å². The Bertz CT molecular complexity index is 633. The minimum absolute atomic E-state index is 0.00666. The first-order chi connectivity index (χ1) is 12.6. The van der Waals surface area contributed by atoms with Gasteiger partial charge in [0.25, 0.3) is 0 Å². The Hall–Kier alpha value is -1.66. The third-order valence-corrected chi connectivity index (χ3v) is 6.13. The monoisotopic (exact) mass is 361 g/mol. The highest BCUT2D eigenvalue weighted by Gasteiger charge is 2.47. The fraction of sp³-hybridized carbons (Fsp3) is 0.650. The Morgan fingerprint density at radius 1 is 1.19 bits per heavy atom. The number of carbonyl (C=O) groups excluding carboxylic acids is 1. The van der Waals surface area contributed by atoms with E-state index < -0.39 is 0 Å². The first-order valence-electron chi connectivity index (χ1n) is 9.65. The van der Waals surface area contributed by atoms with E-state index in [2.05, 4.69) is 15.1 Å². The molecule has 1 amide bonds. The Kier molecular flexibility index (Phi) is 4.88. The summed E-state index contributed by atoms with van der Waals surface area (Å²) in [5.74, 6) is 0.149. The first kappa shape index (κ1) is 17.7. The van der Waals surface area contributed by atoms with Gasteiger partial charge in [-0.15, -0.1) is 0 Å². The van der Waals surface area contributed by atoms with E-state index in [1.54, 1.807) is 7.11 Å². The van der Waals surface area contributed by atoms with Crippen LogP contribution in [0.15, 0.2) is 24.3 Å². The summed E-state index contributed by atoms with van der Waals surface area (Å²) in [5.41, 5.74) is 1.07. The number of nitrogens with one attached hydrogen (secondary N) is 1. The van der Waals surface area contributed by atoms with Gasteiger partial charge in [-0.2, -0.15) is 0 Å². The van der Waals surface area contributed by atoms with Gasteiger partial charge in [-0.1, -0.05) is 0 Å². The molecule has 0 unspecified atom stereocenters. The van der Waals surface area contributed by atoms with Crippen LogP contribution in [0.25, 0.3) is 0 Å². The van der Waals surface area contributed by atoms with E-state index in [9.17, 15) is 9.18 Å². The number of halogens is 1. The van der Waals surface area contributed by atoms with Crippen molar-refractivity contribution in [1.82, 2.24) is 10.2 Å². The van der Waals surface area contributed by atoms with Gasteiger partial charge < -0.3 is 15.0 Å². The Labute approximate surface area is 154 Å². The molecule has 6 heteroatoms. The van der Waals surface area contributed by atoms with Crippen LogP contribution in [0.3, 0.4) is 0 Å². The summed E-state index contributed by atoms with van der Waals surface area (Å²) >= 11 is 0. The van der Waals surface area contributed by atoms with Crippen molar-refractivity contribution in [1.29, 1.82) is 0 Å². The Morgan fingerprint density at radius 2 is 1.85 bits per heavy atom. The fourth-order valence-electron chi connectivity index (χ4n) is 4.05. The third kappa shape index (κ3) is 3.86. The second kappa shape index (κ2) is 7.16. The molecule has 2 aliphatic carbocycles. The lowest BCUT2D eigenvalue weighted by molar-refractivity contribution is -0.133. The van der Waals surface area contributed by atoms with Gasteiger partial charge in [0.15, 0.2) is 0 Å². The van der Waals surface area contributed by atoms with Gasteiger partial charge in [-0.25, -0.2) is 4.39 Å². The molecule has 1 saturated heterocycles. The summed E-state index contributed by atoms with van der Waals surface area (Å²) < 4.78 is 18.3. The van der Waals surface area contributed by atoms with Crippen LogP contribution >= 0.6 is 0 Å².